The van der Waals surface area contributed by atoms with Gasteiger partial charge in [-0.2, -0.15) is 0 Å². The van der Waals surface area contributed by atoms with Gasteiger partial charge in [-0.1, -0.05) is 6.07 Å². The molecule has 0 amide bonds. The van der Waals surface area contributed by atoms with Gasteiger partial charge in [0.1, 0.15) is 17.6 Å². The van der Waals surface area contributed by atoms with Crippen molar-refractivity contribution in [3.8, 4) is 23.0 Å². The van der Waals surface area contributed by atoms with Crippen LogP contribution in [-0.2, 0) is 0 Å². The second-order valence-electron chi connectivity index (χ2n) is 4.62. The maximum Gasteiger partial charge on any atom is 0.161 e. The predicted octanol–water partition coefficient (Wildman–Crippen LogP) is 2.80. The van der Waals surface area contributed by atoms with Crippen LogP contribution in [-0.4, -0.2) is 33.5 Å². The minimum absolute atomic E-state index is 0.556. The van der Waals surface area contributed by atoms with Crippen molar-refractivity contribution in [3.05, 3.63) is 47.5 Å². The lowest BCUT2D eigenvalue weighted by molar-refractivity contribution is 0.213. The highest BCUT2D eigenvalue weighted by Crippen LogP contribution is 2.36. The number of aliphatic hydroxyl groups is 1. The van der Waals surface area contributed by atoms with E-state index in [9.17, 15) is 5.11 Å². The minimum atomic E-state index is -0.871. The first-order valence-corrected chi connectivity index (χ1v) is 6.76. The van der Waals surface area contributed by atoms with E-state index >= 15 is 0 Å². The van der Waals surface area contributed by atoms with E-state index in [2.05, 4.69) is 0 Å². The van der Waals surface area contributed by atoms with Gasteiger partial charge in [0.25, 0.3) is 0 Å². The van der Waals surface area contributed by atoms with Gasteiger partial charge in [0.15, 0.2) is 11.5 Å². The molecule has 5 heteroatoms. The van der Waals surface area contributed by atoms with Gasteiger partial charge in [-0.05, 0) is 35.9 Å². The van der Waals surface area contributed by atoms with Gasteiger partial charge >= 0.3 is 0 Å². The highest BCUT2D eigenvalue weighted by atomic mass is 16.5. The normalized spacial score (nSPS) is 11.7. The number of benzene rings is 2. The topological polar surface area (TPSA) is 57.2 Å². The van der Waals surface area contributed by atoms with Crippen LogP contribution in [0.1, 0.15) is 17.2 Å². The number of hydrogen-bond acceptors (Lipinski definition) is 5. The lowest BCUT2D eigenvalue weighted by atomic mass is 10.00. The molecule has 118 valence electrons. The first kappa shape index (κ1) is 16.0. The van der Waals surface area contributed by atoms with Crippen LogP contribution in [0.15, 0.2) is 36.4 Å². The van der Waals surface area contributed by atoms with Crippen LogP contribution in [0.3, 0.4) is 0 Å². The van der Waals surface area contributed by atoms with Gasteiger partial charge in [-0.15, -0.1) is 0 Å². The third-order valence-electron chi connectivity index (χ3n) is 3.45. The summed E-state index contributed by atoms with van der Waals surface area (Å²) in [7, 11) is 6.26. The average Bonchev–Trinajstić information content (AvgIpc) is 2.59. The first-order chi connectivity index (χ1) is 10.6. The van der Waals surface area contributed by atoms with Gasteiger partial charge in [0.2, 0.25) is 0 Å². The Morgan fingerprint density at radius 2 is 1.36 bits per heavy atom. The molecule has 0 spiro atoms. The minimum Gasteiger partial charge on any atom is -0.497 e. The van der Waals surface area contributed by atoms with Crippen molar-refractivity contribution in [2.24, 2.45) is 0 Å². The molecule has 0 aromatic heterocycles. The molecule has 0 aliphatic carbocycles. The Balaban J connectivity index is 2.45. The second-order valence-corrected chi connectivity index (χ2v) is 4.62. The molecule has 0 aliphatic heterocycles. The van der Waals surface area contributed by atoms with Crippen LogP contribution >= 0.6 is 0 Å². The van der Waals surface area contributed by atoms with Crippen molar-refractivity contribution in [2.75, 3.05) is 28.4 Å². The molecule has 0 radical (unpaired) electrons. The van der Waals surface area contributed by atoms with Crippen LogP contribution in [0, 0.1) is 0 Å². The van der Waals surface area contributed by atoms with Crippen molar-refractivity contribution in [1.82, 2.24) is 0 Å². The lowest BCUT2D eigenvalue weighted by Crippen LogP contribution is -2.04. The molecule has 1 unspecified atom stereocenters. The average molecular weight is 304 g/mol. The summed E-state index contributed by atoms with van der Waals surface area (Å²) < 4.78 is 21.0. The molecule has 0 saturated carbocycles. The fourth-order valence-electron chi connectivity index (χ4n) is 2.26. The molecule has 2 rings (SSSR count). The van der Waals surface area contributed by atoms with Crippen LogP contribution in [0.25, 0.3) is 0 Å². The molecular weight excluding hydrogens is 284 g/mol. The molecule has 0 aliphatic rings. The van der Waals surface area contributed by atoms with Crippen molar-refractivity contribution >= 4 is 0 Å². The molecule has 2 aromatic carbocycles. The first-order valence-electron chi connectivity index (χ1n) is 6.76. The Hall–Kier alpha value is -2.40. The largest absolute Gasteiger partial charge is 0.497 e. The van der Waals surface area contributed by atoms with E-state index in [4.69, 9.17) is 18.9 Å². The fourth-order valence-corrected chi connectivity index (χ4v) is 2.26. The zero-order chi connectivity index (χ0) is 16.1. The highest BCUT2D eigenvalue weighted by Gasteiger charge is 2.18. The Bertz CT molecular complexity index is 639. The Labute approximate surface area is 130 Å². The predicted molar refractivity (Wildman–Crippen MR) is 83.2 cm³/mol. The molecule has 0 heterocycles. The van der Waals surface area contributed by atoms with Crippen LogP contribution in [0.5, 0.6) is 23.0 Å². The molecule has 1 atom stereocenters. The summed E-state index contributed by atoms with van der Waals surface area (Å²) in [4.78, 5) is 0. The quantitative estimate of drug-likeness (QED) is 0.889. The Morgan fingerprint density at radius 1 is 0.727 bits per heavy atom. The summed E-state index contributed by atoms with van der Waals surface area (Å²) in [6.45, 7) is 0. The number of methoxy groups -OCH3 is 4. The summed E-state index contributed by atoms with van der Waals surface area (Å²) in [6.07, 6.45) is -0.871. The van der Waals surface area contributed by atoms with Crippen molar-refractivity contribution in [3.63, 3.8) is 0 Å². The molecule has 1 N–H and O–H groups in total. The number of ether oxygens (including phenoxy) is 4. The van der Waals surface area contributed by atoms with Crippen molar-refractivity contribution in [1.29, 1.82) is 0 Å². The van der Waals surface area contributed by atoms with E-state index in [0.717, 1.165) is 0 Å². The fraction of sp³-hybridized carbons (Fsp3) is 0.294. The maximum absolute atomic E-state index is 10.7. The second kappa shape index (κ2) is 7.04. The number of rotatable bonds is 6. The summed E-state index contributed by atoms with van der Waals surface area (Å²) in [5.41, 5.74) is 1.29. The van der Waals surface area contributed by atoms with Crippen LogP contribution in [0.2, 0.25) is 0 Å². The summed E-state index contributed by atoms with van der Waals surface area (Å²) in [5.74, 6) is 2.40. The van der Waals surface area contributed by atoms with E-state index in [1.54, 1.807) is 64.8 Å². The molecule has 0 bridgehead atoms. The third-order valence-corrected chi connectivity index (χ3v) is 3.45. The SMILES string of the molecule is COc1ccc(OC)c(C(O)c2ccc(OC)c(OC)c2)c1. The zero-order valence-corrected chi connectivity index (χ0v) is 13.1. The highest BCUT2D eigenvalue weighted by molar-refractivity contribution is 5.49. The molecule has 0 saturated heterocycles. The van der Waals surface area contributed by atoms with E-state index in [0.29, 0.717) is 34.1 Å². The number of hydrogen-bond donors (Lipinski definition) is 1. The van der Waals surface area contributed by atoms with E-state index in [1.165, 1.54) is 0 Å². The van der Waals surface area contributed by atoms with E-state index in [1.807, 2.05) is 0 Å². The van der Waals surface area contributed by atoms with Crippen molar-refractivity contribution in [2.45, 2.75) is 6.10 Å². The third kappa shape index (κ3) is 3.09. The van der Waals surface area contributed by atoms with E-state index < -0.39 is 6.10 Å². The molecule has 22 heavy (non-hydrogen) atoms. The van der Waals surface area contributed by atoms with Crippen molar-refractivity contribution < 1.29 is 24.1 Å². The standard InChI is InChI=1S/C17H20O5/c1-19-12-6-8-14(20-2)13(10-12)17(18)11-5-7-15(21-3)16(9-11)22-4/h5-10,17-18H,1-4H3. The maximum atomic E-state index is 10.7. The van der Waals surface area contributed by atoms with Gasteiger partial charge in [0.05, 0.1) is 28.4 Å². The monoisotopic (exact) mass is 304 g/mol. The van der Waals surface area contributed by atoms with Gasteiger partial charge in [-0.3, -0.25) is 0 Å². The Morgan fingerprint density at radius 3 is 1.95 bits per heavy atom. The summed E-state index contributed by atoms with van der Waals surface area (Å²) in [5, 5.41) is 10.7. The van der Waals surface area contributed by atoms with E-state index in [-0.39, 0.29) is 0 Å². The van der Waals surface area contributed by atoms with Crippen LogP contribution < -0.4 is 18.9 Å². The van der Waals surface area contributed by atoms with Crippen LogP contribution in [0.4, 0.5) is 0 Å². The molecule has 2 aromatic rings. The summed E-state index contributed by atoms with van der Waals surface area (Å²) >= 11 is 0. The molecule has 5 nitrogen and oxygen atoms in total. The van der Waals surface area contributed by atoms with Gasteiger partial charge in [-0.25, -0.2) is 0 Å². The van der Waals surface area contributed by atoms with Gasteiger partial charge in [0, 0.05) is 5.56 Å². The number of aliphatic hydroxyl groups excluding tert-OH is 1. The molecule has 0 fully saturated rings. The summed E-state index contributed by atoms with van der Waals surface area (Å²) in [6, 6.07) is 10.6. The smallest absolute Gasteiger partial charge is 0.161 e. The van der Waals surface area contributed by atoms with Gasteiger partial charge < -0.3 is 24.1 Å². The Kier molecular flexibility index (Phi) is 5.12. The molecular formula is C17H20O5. The lowest BCUT2D eigenvalue weighted by Gasteiger charge is -2.17. The zero-order valence-electron chi connectivity index (χ0n) is 13.1.